The van der Waals surface area contributed by atoms with E-state index in [2.05, 4.69) is 5.32 Å². The number of carbonyl (C=O) groups is 2. The van der Waals surface area contributed by atoms with Crippen LogP contribution in [0.4, 0.5) is 5.69 Å². The first-order valence-corrected chi connectivity index (χ1v) is 6.74. The number of nitrogens with two attached hydrogens (primary N) is 2. The van der Waals surface area contributed by atoms with Gasteiger partial charge < -0.3 is 21.5 Å². The molecule has 1 amide bonds. The SMILES string of the molecule is N=C(N)Nc1ccc(C(=O)Oc2ccc(CC(N)=O)cc2)cc1. The summed E-state index contributed by atoms with van der Waals surface area (Å²) in [6.45, 7) is 0. The molecule has 0 saturated carbocycles. The zero-order chi connectivity index (χ0) is 16.8. The highest BCUT2D eigenvalue weighted by Gasteiger charge is 2.09. The summed E-state index contributed by atoms with van der Waals surface area (Å²) in [5.74, 6) is -0.749. The number of nitrogens with one attached hydrogen (secondary N) is 2. The van der Waals surface area contributed by atoms with Gasteiger partial charge in [-0.25, -0.2) is 4.79 Å². The van der Waals surface area contributed by atoms with Gasteiger partial charge in [0, 0.05) is 5.69 Å². The van der Waals surface area contributed by atoms with Crippen LogP contribution in [0.5, 0.6) is 5.75 Å². The maximum absolute atomic E-state index is 12.0. The summed E-state index contributed by atoms with van der Waals surface area (Å²) in [6, 6.07) is 12.9. The van der Waals surface area contributed by atoms with E-state index < -0.39 is 11.9 Å². The molecule has 0 spiro atoms. The second kappa shape index (κ2) is 7.08. The zero-order valence-electron chi connectivity index (χ0n) is 12.2. The Kier molecular flexibility index (Phi) is 4.93. The molecule has 23 heavy (non-hydrogen) atoms. The van der Waals surface area contributed by atoms with Gasteiger partial charge in [0.05, 0.1) is 12.0 Å². The Bertz CT molecular complexity index is 724. The van der Waals surface area contributed by atoms with E-state index in [1.165, 1.54) is 0 Å². The molecule has 0 fully saturated rings. The van der Waals surface area contributed by atoms with Gasteiger partial charge >= 0.3 is 5.97 Å². The van der Waals surface area contributed by atoms with Gasteiger partial charge in [0.2, 0.25) is 5.91 Å². The van der Waals surface area contributed by atoms with Crippen molar-refractivity contribution in [1.29, 1.82) is 5.41 Å². The molecule has 0 aromatic heterocycles. The lowest BCUT2D eigenvalue weighted by atomic mass is 10.1. The van der Waals surface area contributed by atoms with Crippen molar-refractivity contribution in [2.45, 2.75) is 6.42 Å². The van der Waals surface area contributed by atoms with Crippen molar-refractivity contribution in [2.24, 2.45) is 11.5 Å². The molecule has 0 atom stereocenters. The maximum atomic E-state index is 12.0. The van der Waals surface area contributed by atoms with Crippen LogP contribution in [0, 0.1) is 5.41 Å². The fourth-order valence-corrected chi connectivity index (χ4v) is 1.89. The molecule has 0 saturated heterocycles. The number of rotatable bonds is 5. The minimum Gasteiger partial charge on any atom is -0.423 e. The third-order valence-corrected chi connectivity index (χ3v) is 2.91. The standard InChI is InChI=1S/C16H16N4O3/c17-14(21)9-10-1-7-13(8-2-10)23-15(22)11-3-5-12(6-4-11)20-16(18)19/h1-8H,9H2,(H2,17,21)(H4,18,19,20). The van der Waals surface area contributed by atoms with E-state index in [1.807, 2.05) is 0 Å². The van der Waals surface area contributed by atoms with E-state index >= 15 is 0 Å². The molecule has 0 aliphatic heterocycles. The third kappa shape index (κ3) is 4.85. The van der Waals surface area contributed by atoms with Crippen LogP contribution in [-0.2, 0) is 11.2 Å². The third-order valence-electron chi connectivity index (χ3n) is 2.91. The lowest BCUT2D eigenvalue weighted by molar-refractivity contribution is -0.117. The normalized spacial score (nSPS) is 9.91. The molecule has 7 heteroatoms. The Hall–Kier alpha value is -3.35. The van der Waals surface area contributed by atoms with Crippen LogP contribution in [0.1, 0.15) is 15.9 Å². The number of primary amides is 1. The Labute approximate surface area is 132 Å². The van der Waals surface area contributed by atoms with Gasteiger partial charge in [0.25, 0.3) is 0 Å². The molecule has 2 aromatic carbocycles. The van der Waals surface area contributed by atoms with Gasteiger partial charge in [-0.15, -0.1) is 0 Å². The van der Waals surface area contributed by atoms with E-state index in [9.17, 15) is 9.59 Å². The van der Waals surface area contributed by atoms with Gasteiger partial charge in [-0.3, -0.25) is 10.2 Å². The first-order chi connectivity index (χ1) is 10.9. The molecule has 2 aromatic rings. The summed E-state index contributed by atoms with van der Waals surface area (Å²) in [7, 11) is 0. The summed E-state index contributed by atoms with van der Waals surface area (Å²) in [6.07, 6.45) is 0.138. The number of hydrogen-bond acceptors (Lipinski definition) is 4. The molecule has 7 nitrogen and oxygen atoms in total. The number of anilines is 1. The highest BCUT2D eigenvalue weighted by Crippen LogP contribution is 2.16. The molecule has 0 radical (unpaired) electrons. The Morgan fingerprint density at radius 1 is 1.00 bits per heavy atom. The van der Waals surface area contributed by atoms with Crippen LogP contribution < -0.4 is 21.5 Å². The van der Waals surface area contributed by atoms with Crippen LogP contribution in [-0.4, -0.2) is 17.8 Å². The first kappa shape index (κ1) is 16.0. The van der Waals surface area contributed by atoms with Gasteiger partial charge in [-0.05, 0) is 42.0 Å². The number of benzene rings is 2. The van der Waals surface area contributed by atoms with E-state index in [4.69, 9.17) is 21.6 Å². The average Bonchev–Trinajstić information content (AvgIpc) is 2.49. The molecular formula is C16H16N4O3. The van der Waals surface area contributed by atoms with Gasteiger partial charge in [-0.2, -0.15) is 0 Å². The number of esters is 1. The highest BCUT2D eigenvalue weighted by molar-refractivity contribution is 5.93. The predicted octanol–water partition coefficient (Wildman–Crippen LogP) is 1.24. The van der Waals surface area contributed by atoms with Crippen LogP contribution in [0.25, 0.3) is 0 Å². The van der Waals surface area contributed by atoms with Crippen molar-refractivity contribution in [3.8, 4) is 5.75 Å². The molecule has 0 bridgehead atoms. The van der Waals surface area contributed by atoms with Crippen LogP contribution in [0.2, 0.25) is 0 Å². The zero-order valence-corrected chi connectivity index (χ0v) is 12.2. The molecule has 118 valence electrons. The van der Waals surface area contributed by atoms with E-state index in [0.29, 0.717) is 17.0 Å². The number of carbonyl (C=O) groups excluding carboxylic acids is 2. The van der Waals surface area contributed by atoms with Crippen molar-refractivity contribution >= 4 is 23.5 Å². The molecule has 2 rings (SSSR count). The summed E-state index contributed by atoms with van der Waals surface area (Å²) in [4.78, 5) is 22.8. The smallest absolute Gasteiger partial charge is 0.343 e. The monoisotopic (exact) mass is 312 g/mol. The Morgan fingerprint density at radius 2 is 1.61 bits per heavy atom. The summed E-state index contributed by atoms with van der Waals surface area (Å²) < 4.78 is 5.24. The van der Waals surface area contributed by atoms with Gasteiger partial charge in [0.1, 0.15) is 5.75 Å². The second-order valence-electron chi connectivity index (χ2n) is 4.79. The van der Waals surface area contributed by atoms with Crippen molar-refractivity contribution in [3.63, 3.8) is 0 Å². The van der Waals surface area contributed by atoms with Crippen LogP contribution >= 0.6 is 0 Å². The van der Waals surface area contributed by atoms with Crippen LogP contribution in [0.3, 0.4) is 0 Å². The largest absolute Gasteiger partial charge is 0.423 e. The van der Waals surface area contributed by atoms with E-state index in [-0.39, 0.29) is 12.4 Å². The Morgan fingerprint density at radius 3 is 2.13 bits per heavy atom. The van der Waals surface area contributed by atoms with E-state index in [1.54, 1.807) is 48.5 Å². The quantitative estimate of drug-likeness (QED) is 0.285. The van der Waals surface area contributed by atoms with Crippen molar-refractivity contribution < 1.29 is 14.3 Å². The minimum atomic E-state index is -0.512. The minimum absolute atomic E-state index is 0.138. The number of guanidine groups is 1. The van der Waals surface area contributed by atoms with Crippen molar-refractivity contribution in [2.75, 3.05) is 5.32 Å². The highest BCUT2D eigenvalue weighted by atomic mass is 16.5. The van der Waals surface area contributed by atoms with Crippen molar-refractivity contribution in [3.05, 3.63) is 59.7 Å². The van der Waals surface area contributed by atoms with Gasteiger partial charge in [0.15, 0.2) is 5.96 Å². The maximum Gasteiger partial charge on any atom is 0.343 e. The lowest BCUT2D eigenvalue weighted by Crippen LogP contribution is -2.20. The molecule has 0 aliphatic rings. The molecule has 0 unspecified atom stereocenters. The predicted molar refractivity (Wildman–Crippen MR) is 86.3 cm³/mol. The molecule has 0 heterocycles. The number of hydrogen-bond donors (Lipinski definition) is 4. The number of amides is 1. The summed E-state index contributed by atoms with van der Waals surface area (Å²) >= 11 is 0. The van der Waals surface area contributed by atoms with Gasteiger partial charge in [-0.1, -0.05) is 12.1 Å². The topological polar surface area (TPSA) is 131 Å². The average molecular weight is 312 g/mol. The fraction of sp³-hybridized carbons (Fsp3) is 0.0625. The lowest BCUT2D eigenvalue weighted by Gasteiger charge is -2.07. The fourth-order valence-electron chi connectivity index (χ4n) is 1.89. The summed E-state index contributed by atoms with van der Waals surface area (Å²) in [5.41, 5.74) is 12.0. The second-order valence-corrected chi connectivity index (χ2v) is 4.79. The first-order valence-electron chi connectivity index (χ1n) is 6.74. The summed E-state index contributed by atoms with van der Waals surface area (Å²) in [5, 5.41) is 9.74. The Balaban J connectivity index is 2.01. The molecule has 0 aliphatic carbocycles. The van der Waals surface area contributed by atoms with Crippen LogP contribution in [0.15, 0.2) is 48.5 Å². The molecule has 6 N–H and O–H groups in total. The molecular weight excluding hydrogens is 296 g/mol. The van der Waals surface area contributed by atoms with Crippen molar-refractivity contribution in [1.82, 2.24) is 0 Å². The van der Waals surface area contributed by atoms with E-state index in [0.717, 1.165) is 5.56 Å². The number of ether oxygens (including phenoxy) is 1.